The number of piperidine rings is 1. The van der Waals surface area contributed by atoms with E-state index < -0.39 is 27.8 Å². The van der Waals surface area contributed by atoms with Gasteiger partial charge in [0.15, 0.2) is 5.13 Å². The van der Waals surface area contributed by atoms with Gasteiger partial charge in [-0.15, -0.1) is 0 Å². The average molecular weight is 573 g/mol. The molecule has 0 bridgehead atoms. The Labute approximate surface area is 231 Å². The van der Waals surface area contributed by atoms with Gasteiger partial charge in [-0.25, -0.2) is 18.4 Å². The van der Waals surface area contributed by atoms with Crippen molar-refractivity contribution in [1.29, 1.82) is 0 Å². The predicted octanol–water partition coefficient (Wildman–Crippen LogP) is 4.49. The third kappa shape index (κ3) is 6.07. The number of nitrogens with one attached hydrogen (secondary N) is 1. The Morgan fingerprint density at radius 1 is 1.10 bits per heavy atom. The topological polar surface area (TPSA) is 139 Å². The number of hydrogen-bond acceptors (Lipinski definition) is 8. The van der Waals surface area contributed by atoms with Crippen LogP contribution in [-0.2, 0) is 19.6 Å². The average Bonchev–Trinajstić information content (AvgIpc) is 3.60. The molecular formula is C27H32N4O6S2. The number of carboxylic acids is 1. The fourth-order valence-corrected chi connectivity index (χ4v) is 7.87. The highest BCUT2D eigenvalue weighted by Crippen LogP contribution is 2.36. The van der Waals surface area contributed by atoms with Crippen LogP contribution in [-0.4, -0.2) is 59.9 Å². The molecule has 1 aromatic carbocycles. The van der Waals surface area contributed by atoms with E-state index in [1.54, 1.807) is 31.4 Å². The summed E-state index contributed by atoms with van der Waals surface area (Å²) in [6, 6.07) is 9.97. The number of hydrogen-bond donors (Lipinski definition) is 2. The van der Waals surface area contributed by atoms with Crippen LogP contribution in [0.15, 0.2) is 41.3 Å². The van der Waals surface area contributed by atoms with Crippen molar-refractivity contribution in [2.24, 2.45) is 11.8 Å². The summed E-state index contributed by atoms with van der Waals surface area (Å²) >= 11 is 1.27. The summed E-state index contributed by atoms with van der Waals surface area (Å²) in [5.74, 6) is -1.44. The van der Waals surface area contributed by atoms with Gasteiger partial charge < -0.3 is 15.2 Å². The number of thiazole rings is 1. The van der Waals surface area contributed by atoms with E-state index in [1.165, 1.54) is 27.8 Å². The maximum atomic E-state index is 13.6. The van der Waals surface area contributed by atoms with Crippen LogP contribution in [0.1, 0.15) is 56.4 Å². The number of anilines is 1. The molecule has 3 heterocycles. The molecule has 2 aromatic heterocycles. The van der Waals surface area contributed by atoms with Gasteiger partial charge in [0.2, 0.25) is 21.8 Å². The van der Waals surface area contributed by atoms with E-state index in [1.807, 2.05) is 0 Å². The van der Waals surface area contributed by atoms with Gasteiger partial charge in [-0.3, -0.25) is 9.59 Å². The Bertz CT molecular complexity index is 1450. The molecule has 5 rings (SSSR count). The first-order chi connectivity index (χ1) is 18.7. The number of aromatic nitrogens is 2. The molecular weight excluding hydrogens is 540 g/mol. The van der Waals surface area contributed by atoms with Crippen LogP contribution >= 0.6 is 11.3 Å². The van der Waals surface area contributed by atoms with Crippen LogP contribution in [0.5, 0.6) is 5.88 Å². The molecule has 208 valence electrons. The van der Waals surface area contributed by atoms with Crippen LogP contribution in [0.25, 0.3) is 10.3 Å². The van der Waals surface area contributed by atoms with Crippen molar-refractivity contribution < 1.29 is 27.9 Å². The fourth-order valence-electron chi connectivity index (χ4n) is 5.52. The first-order valence-corrected chi connectivity index (χ1v) is 15.5. The monoisotopic (exact) mass is 572 g/mol. The highest BCUT2D eigenvalue weighted by Gasteiger charge is 2.34. The van der Waals surface area contributed by atoms with Gasteiger partial charge in [-0.2, -0.15) is 4.31 Å². The molecule has 10 nitrogen and oxygen atoms in total. The molecule has 12 heteroatoms. The van der Waals surface area contributed by atoms with Crippen LogP contribution in [0, 0.1) is 11.8 Å². The van der Waals surface area contributed by atoms with Crippen molar-refractivity contribution >= 4 is 48.7 Å². The number of rotatable bonds is 9. The molecule has 2 unspecified atom stereocenters. The fraction of sp³-hybridized carbons (Fsp3) is 0.481. The number of carboxylic acid groups (broad SMARTS) is 1. The van der Waals surface area contributed by atoms with Gasteiger partial charge in [-0.05, 0) is 48.9 Å². The van der Waals surface area contributed by atoms with E-state index in [9.17, 15) is 23.1 Å². The molecule has 39 heavy (non-hydrogen) atoms. The molecule has 1 saturated heterocycles. The molecule has 1 amide bonds. The SMILES string of the molecule is COc1ccc2nc(NC(=O)C(CC3CCCC3)c3ccc(S(=O)(=O)N4CCCC(C(=O)O)C4)cc3)sc2n1. The molecule has 3 aromatic rings. The number of fused-ring (bicyclic) bond motifs is 1. The van der Waals surface area contributed by atoms with E-state index >= 15 is 0 Å². The quantitative estimate of drug-likeness (QED) is 0.383. The third-order valence-electron chi connectivity index (χ3n) is 7.68. The summed E-state index contributed by atoms with van der Waals surface area (Å²) in [7, 11) is -2.30. The normalized spacial score (nSPS) is 19.7. The van der Waals surface area contributed by atoms with Crippen LogP contribution in [0.3, 0.4) is 0 Å². The first-order valence-electron chi connectivity index (χ1n) is 13.2. The maximum Gasteiger partial charge on any atom is 0.307 e. The Morgan fingerprint density at radius 2 is 1.85 bits per heavy atom. The number of amides is 1. The third-order valence-corrected chi connectivity index (χ3v) is 10.4. The van der Waals surface area contributed by atoms with Gasteiger partial charge in [0.05, 0.1) is 23.8 Å². The van der Waals surface area contributed by atoms with E-state index in [0.29, 0.717) is 53.1 Å². The van der Waals surface area contributed by atoms with E-state index in [2.05, 4.69) is 15.3 Å². The first kappa shape index (κ1) is 27.5. The van der Waals surface area contributed by atoms with Crippen LogP contribution < -0.4 is 10.1 Å². The molecule has 1 aliphatic carbocycles. The number of methoxy groups -OCH3 is 1. The molecule has 0 spiro atoms. The number of benzene rings is 1. The highest BCUT2D eigenvalue weighted by molar-refractivity contribution is 7.89. The summed E-state index contributed by atoms with van der Waals surface area (Å²) < 4.78 is 32.9. The number of carbonyl (C=O) groups is 2. The largest absolute Gasteiger partial charge is 0.481 e. The number of nitrogens with zero attached hydrogens (tertiary/aromatic N) is 3. The number of aliphatic carboxylic acids is 1. The zero-order valence-electron chi connectivity index (χ0n) is 21.7. The van der Waals surface area contributed by atoms with Gasteiger partial charge in [0.1, 0.15) is 10.3 Å². The highest BCUT2D eigenvalue weighted by atomic mass is 32.2. The van der Waals surface area contributed by atoms with E-state index in [-0.39, 0.29) is 17.3 Å². The lowest BCUT2D eigenvalue weighted by atomic mass is 9.87. The zero-order valence-corrected chi connectivity index (χ0v) is 23.3. The van der Waals surface area contributed by atoms with Crippen molar-refractivity contribution in [3.63, 3.8) is 0 Å². The molecule has 2 N–H and O–H groups in total. The van der Waals surface area contributed by atoms with Crippen molar-refractivity contribution in [2.45, 2.75) is 55.8 Å². The lowest BCUT2D eigenvalue weighted by molar-refractivity contribution is -0.142. The number of carbonyl (C=O) groups excluding carboxylic acids is 1. The van der Waals surface area contributed by atoms with Gasteiger partial charge in [-0.1, -0.05) is 49.2 Å². The number of pyridine rings is 1. The minimum Gasteiger partial charge on any atom is -0.481 e. The van der Waals surface area contributed by atoms with Gasteiger partial charge in [0, 0.05) is 19.2 Å². The molecule has 0 radical (unpaired) electrons. The lowest BCUT2D eigenvalue weighted by Crippen LogP contribution is -2.42. The van der Waals surface area contributed by atoms with E-state index in [4.69, 9.17) is 4.74 Å². The van der Waals surface area contributed by atoms with Crippen molar-refractivity contribution in [2.75, 3.05) is 25.5 Å². The second kappa shape index (κ2) is 11.6. The van der Waals surface area contributed by atoms with Crippen molar-refractivity contribution in [3.05, 3.63) is 42.0 Å². The predicted molar refractivity (Wildman–Crippen MR) is 147 cm³/mol. The van der Waals surface area contributed by atoms with Crippen molar-refractivity contribution in [3.8, 4) is 5.88 Å². The van der Waals surface area contributed by atoms with Crippen LogP contribution in [0.2, 0.25) is 0 Å². The second-order valence-corrected chi connectivity index (χ2v) is 13.1. The minimum absolute atomic E-state index is 0.0327. The zero-order chi connectivity index (χ0) is 27.6. The second-order valence-electron chi connectivity index (χ2n) is 10.2. The molecule has 2 fully saturated rings. The Hall–Kier alpha value is -3.09. The minimum atomic E-state index is -3.84. The standard InChI is InChI=1S/C27H32N4O6S2/c1-37-23-13-12-22-25(29-23)38-27(28-22)30-24(32)21(15-17-5-2-3-6-17)18-8-10-20(11-9-18)39(35,36)31-14-4-7-19(16-31)26(33)34/h8-13,17,19,21H,2-7,14-16H2,1H3,(H,33,34)(H,28,30,32). The molecule has 1 saturated carbocycles. The Balaban J connectivity index is 1.36. The lowest BCUT2D eigenvalue weighted by Gasteiger charge is -2.30. The van der Waals surface area contributed by atoms with Crippen molar-refractivity contribution in [1.82, 2.24) is 14.3 Å². The summed E-state index contributed by atoms with van der Waals surface area (Å²) in [4.78, 5) is 34.6. The summed E-state index contributed by atoms with van der Waals surface area (Å²) in [6.45, 7) is 0.262. The van der Waals surface area contributed by atoms with Crippen LogP contribution in [0.4, 0.5) is 5.13 Å². The summed E-state index contributed by atoms with van der Waals surface area (Å²) in [6.07, 6.45) is 6.08. The van der Waals surface area contributed by atoms with Gasteiger partial charge in [0.25, 0.3) is 0 Å². The smallest absolute Gasteiger partial charge is 0.307 e. The van der Waals surface area contributed by atoms with E-state index in [0.717, 1.165) is 31.2 Å². The Kier molecular flexibility index (Phi) is 8.15. The molecule has 2 aliphatic rings. The number of ether oxygens (including phenoxy) is 1. The summed E-state index contributed by atoms with van der Waals surface area (Å²) in [5, 5.41) is 12.8. The summed E-state index contributed by atoms with van der Waals surface area (Å²) in [5.41, 5.74) is 1.40. The Morgan fingerprint density at radius 3 is 2.54 bits per heavy atom. The number of sulfonamides is 1. The van der Waals surface area contributed by atoms with Gasteiger partial charge >= 0.3 is 5.97 Å². The molecule has 1 aliphatic heterocycles. The maximum absolute atomic E-state index is 13.6. The molecule has 2 atom stereocenters.